The summed E-state index contributed by atoms with van der Waals surface area (Å²) in [5, 5.41) is 2.88. The average Bonchev–Trinajstić information content (AvgIpc) is 3.30. The molecule has 0 aliphatic heterocycles. The Morgan fingerprint density at radius 2 is 2.08 bits per heavy atom. The minimum Gasteiger partial charge on any atom is -0.455 e. The number of ether oxygens (including phenoxy) is 1. The van der Waals surface area contributed by atoms with Crippen molar-refractivity contribution in [3.8, 4) is 10.8 Å². The molecule has 4 rings (SSSR count). The molecular formula is C18H11ClN2O3S. The quantitative estimate of drug-likeness (QED) is 0.375. The number of rotatable bonds is 4. The van der Waals surface area contributed by atoms with E-state index in [1.807, 2.05) is 29.6 Å². The highest BCUT2D eigenvalue weighted by Gasteiger charge is 2.15. The van der Waals surface area contributed by atoms with E-state index in [2.05, 4.69) is 9.97 Å². The van der Waals surface area contributed by atoms with Crippen LogP contribution >= 0.6 is 22.9 Å². The Bertz CT molecular complexity index is 1040. The molecule has 25 heavy (non-hydrogen) atoms. The van der Waals surface area contributed by atoms with Crippen LogP contribution in [0.15, 0.2) is 58.5 Å². The highest BCUT2D eigenvalue weighted by Crippen LogP contribution is 2.25. The topological polar surface area (TPSA) is 65.2 Å². The molecule has 0 spiro atoms. The predicted octanol–water partition coefficient (Wildman–Crippen LogP) is 4.96. The van der Waals surface area contributed by atoms with E-state index in [9.17, 15) is 4.79 Å². The Morgan fingerprint density at radius 1 is 1.20 bits per heavy atom. The number of esters is 1. The maximum absolute atomic E-state index is 12.5. The van der Waals surface area contributed by atoms with Crippen molar-refractivity contribution < 1.29 is 13.9 Å². The van der Waals surface area contributed by atoms with Crippen LogP contribution in [0.1, 0.15) is 16.1 Å². The lowest BCUT2D eigenvalue weighted by Gasteiger charge is -2.06. The van der Waals surface area contributed by atoms with Crippen LogP contribution in [-0.4, -0.2) is 15.9 Å². The second-order valence-electron chi connectivity index (χ2n) is 5.21. The molecule has 0 aliphatic rings. The van der Waals surface area contributed by atoms with Gasteiger partial charge in [0.2, 0.25) is 5.89 Å². The second kappa shape index (κ2) is 6.66. The van der Waals surface area contributed by atoms with Crippen molar-refractivity contribution in [2.45, 2.75) is 6.61 Å². The fraction of sp³-hybridized carbons (Fsp3) is 0.0556. The van der Waals surface area contributed by atoms with Gasteiger partial charge in [0.15, 0.2) is 0 Å². The first-order valence-corrected chi connectivity index (χ1v) is 8.67. The van der Waals surface area contributed by atoms with Crippen molar-refractivity contribution in [2.24, 2.45) is 0 Å². The number of halogens is 1. The van der Waals surface area contributed by atoms with E-state index in [1.165, 1.54) is 23.7 Å². The number of pyridine rings is 1. The third kappa shape index (κ3) is 3.26. The molecule has 0 atom stereocenters. The molecule has 5 nitrogen and oxygen atoms in total. The van der Waals surface area contributed by atoms with Crippen LogP contribution in [0.25, 0.3) is 21.7 Å². The summed E-state index contributed by atoms with van der Waals surface area (Å²) >= 11 is 7.53. The summed E-state index contributed by atoms with van der Waals surface area (Å²) in [4.78, 5) is 21.9. The van der Waals surface area contributed by atoms with Crippen molar-refractivity contribution in [3.63, 3.8) is 0 Å². The van der Waals surface area contributed by atoms with Crippen LogP contribution in [0.3, 0.4) is 0 Å². The number of oxazole rings is 1. The predicted molar refractivity (Wildman–Crippen MR) is 95.7 cm³/mol. The normalized spacial score (nSPS) is 10.9. The lowest BCUT2D eigenvalue weighted by Crippen LogP contribution is -2.07. The number of aromatic nitrogens is 2. The molecule has 0 saturated heterocycles. The van der Waals surface area contributed by atoms with E-state index in [4.69, 9.17) is 20.8 Å². The van der Waals surface area contributed by atoms with Crippen LogP contribution in [-0.2, 0) is 11.3 Å². The SMILES string of the molecule is O=C(OCc1coc(-c2cccs2)n1)c1cc(Cl)nc2ccccc12. The Labute approximate surface area is 151 Å². The van der Waals surface area contributed by atoms with Gasteiger partial charge in [-0.15, -0.1) is 11.3 Å². The first-order chi connectivity index (χ1) is 12.2. The maximum Gasteiger partial charge on any atom is 0.339 e. The lowest BCUT2D eigenvalue weighted by atomic mass is 10.1. The minimum atomic E-state index is -0.485. The molecule has 4 aromatic rings. The fourth-order valence-corrected chi connectivity index (χ4v) is 3.27. The van der Waals surface area contributed by atoms with Gasteiger partial charge in [0.05, 0.1) is 16.0 Å². The highest BCUT2D eigenvalue weighted by atomic mass is 35.5. The molecule has 0 fully saturated rings. The number of benzene rings is 1. The van der Waals surface area contributed by atoms with Gasteiger partial charge in [-0.1, -0.05) is 35.9 Å². The fourth-order valence-electron chi connectivity index (χ4n) is 2.42. The van der Waals surface area contributed by atoms with Gasteiger partial charge in [0, 0.05) is 5.39 Å². The first kappa shape index (κ1) is 15.8. The molecule has 0 radical (unpaired) electrons. The molecule has 124 valence electrons. The molecule has 0 unspecified atom stereocenters. The van der Waals surface area contributed by atoms with Crippen molar-refractivity contribution in [3.05, 3.63) is 70.5 Å². The van der Waals surface area contributed by atoms with E-state index in [-0.39, 0.29) is 11.8 Å². The van der Waals surface area contributed by atoms with Crippen LogP contribution in [0, 0.1) is 0 Å². The number of hydrogen-bond acceptors (Lipinski definition) is 6. The van der Waals surface area contributed by atoms with Gasteiger partial charge in [-0.25, -0.2) is 14.8 Å². The van der Waals surface area contributed by atoms with E-state index in [0.717, 1.165) is 4.88 Å². The van der Waals surface area contributed by atoms with E-state index < -0.39 is 5.97 Å². The van der Waals surface area contributed by atoms with E-state index in [1.54, 1.807) is 12.1 Å². The number of carbonyl (C=O) groups is 1. The molecule has 0 bridgehead atoms. The van der Waals surface area contributed by atoms with Crippen LogP contribution < -0.4 is 0 Å². The van der Waals surface area contributed by atoms with Crippen LogP contribution in [0.4, 0.5) is 0 Å². The largest absolute Gasteiger partial charge is 0.455 e. The van der Waals surface area contributed by atoms with Crippen LogP contribution in [0.2, 0.25) is 5.15 Å². The first-order valence-electron chi connectivity index (χ1n) is 7.41. The monoisotopic (exact) mass is 370 g/mol. The van der Waals surface area contributed by atoms with E-state index >= 15 is 0 Å². The van der Waals surface area contributed by atoms with E-state index in [0.29, 0.717) is 28.1 Å². The van der Waals surface area contributed by atoms with Crippen molar-refractivity contribution in [2.75, 3.05) is 0 Å². The average molecular weight is 371 g/mol. The highest BCUT2D eigenvalue weighted by molar-refractivity contribution is 7.13. The van der Waals surface area contributed by atoms with Gasteiger partial charge in [0.25, 0.3) is 0 Å². The summed E-state index contributed by atoms with van der Waals surface area (Å²) < 4.78 is 10.8. The molecule has 3 heterocycles. The molecule has 1 aromatic carbocycles. The summed E-state index contributed by atoms with van der Waals surface area (Å²) in [6, 6.07) is 12.6. The summed E-state index contributed by atoms with van der Waals surface area (Å²) in [7, 11) is 0. The molecule has 0 saturated carbocycles. The Hall–Kier alpha value is -2.70. The van der Waals surface area contributed by atoms with Gasteiger partial charge in [-0.3, -0.25) is 0 Å². The number of thiophene rings is 1. The Morgan fingerprint density at radius 3 is 2.92 bits per heavy atom. The van der Waals surface area contributed by atoms with Crippen LogP contribution in [0.5, 0.6) is 0 Å². The molecular weight excluding hydrogens is 360 g/mol. The summed E-state index contributed by atoms with van der Waals surface area (Å²) in [5.41, 5.74) is 1.56. The standard InChI is InChI=1S/C18H11ClN2O3S/c19-16-8-13(12-4-1-2-5-14(12)21-16)18(22)24-10-11-9-23-17(20-11)15-6-3-7-25-15/h1-9H,10H2. The second-order valence-corrected chi connectivity index (χ2v) is 6.54. The van der Waals surface area contributed by atoms with Gasteiger partial charge in [-0.2, -0.15) is 0 Å². The van der Waals surface area contributed by atoms with Gasteiger partial charge >= 0.3 is 5.97 Å². The summed E-state index contributed by atoms with van der Waals surface area (Å²) in [5.74, 6) is 0.0274. The zero-order valence-electron chi connectivity index (χ0n) is 12.8. The zero-order chi connectivity index (χ0) is 17.2. The molecule has 0 amide bonds. The third-order valence-electron chi connectivity index (χ3n) is 3.54. The van der Waals surface area contributed by atoms with Gasteiger partial charge < -0.3 is 9.15 Å². The van der Waals surface area contributed by atoms with Crippen molar-refractivity contribution >= 4 is 39.8 Å². The Balaban J connectivity index is 1.53. The molecule has 3 aromatic heterocycles. The van der Waals surface area contributed by atoms with Gasteiger partial charge in [-0.05, 0) is 23.6 Å². The number of fused-ring (bicyclic) bond motifs is 1. The lowest BCUT2D eigenvalue weighted by molar-refractivity contribution is 0.0470. The molecule has 7 heteroatoms. The Kier molecular flexibility index (Phi) is 4.21. The summed E-state index contributed by atoms with van der Waals surface area (Å²) in [6.45, 7) is 0.0159. The third-order valence-corrected chi connectivity index (χ3v) is 4.59. The number of para-hydroxylation sites is 1. The number of nitrogens with zero attached hydrogens (tertiary/aromatic N) is 2. The molecule has 0 aliphatic carbocycles. The summed E-state index contributed by atoms with van der Waals surface area (Å²) in [6.07, 6.45) is 1.49. The molecule has 0 N–H and O–H groups in total. The smallest absolute Gasteiger partial charge is 0.339 e. The minimum absolute atomic E-state index is 0.0159. The van der Waals surface area contributed by atoms with Crippen molar-refractivity contribution in [1.29, 1.82) is 0 Å². The number of hydrogen-bond donors (Lipinski definition) is 0. The number of carbonyl (C=O) groups excluding carboxylic acids is 1. The zero-order valence-corrected chi connectivity index (χ0v) is 14.4. The van der Waals surface area contributed by atoms with Gasteiger partial charge in [0.1, 0.15) is 23.7 Å². The van der Waals surface area contributed by atoms with Crippen molar-refractivity contribution in [1.82, 2.24) is 9.97 Å². The maximum atomic E-state index is 12.5.